The number of β-lactam (4-membered cyclic amide) rings is 2. The number of carbonyl (C=O) groups is 6. The third kappa shape index (κ3) is 12.8. The summed E-state index contributed by atoms with van der Waals surface area (Å²) in [5.74, 6) is -3.47. The molecular weight excluding hydrogens is 1180 g/mol. The van der Waals surface area contributed by atoms with E-state index in [4.69, 9.17) is 9.47 Å². The highest BCUT2D eigenvalue weighted by molar-refractivity contribution is 7.97. The SMILES string of the molecule is C=CCOC(=O)C(N1C(=O)[C@H](C(C)C)[C@H]1CC(=O)c1ccc(CC)s1)=P(c1ccccc1)(c1ccccc1)c1ccccc1.C=CCOC(=O)C(N1C(=O)[C@H]([C@@H](C)O)[C@H]1CC(=O)c1ccc(CO)s1)=P(c1ccccc1)(c1ccccc1)c1ccccc1. The van der Waals surface area contributed by atoms with E-state index in [9.17, 15) is 39.0 Å². The van der Waals surface area contributed by atoms with Crippen LogP contribution >= 0.6 is 36.4 Å². The number of amides is 2. The summed E-state index contributed by atoms with van der Waals surface area (Å²) in [7, 11) is 0. The molecule has 2 saturated heterocycles. The monoisotopic (exact) mass is 1250 g/mol. The lowest BCUT2D eigenvalue weighted by Crippen LogP contribution is -2.68. The van der Waals surface area contributed by atoms with E-state index in [0.29, 0.717) is 20.0 Å². The van der Waals surface area contributed by atoms with Crippen molar-refractivity contribution in [3.05, 3.63) is 251 Å². The topological polar surface area (TPSA) is 168 Å². The summed E-state index contributed by atoms with van der Waals surface area (Å²) in [5, 5.41) is 25.5. The minimum Gasteiger partial charge on any atom is -0.457 e. The molecule has 2 aliphatic heterocycles. The predicted octanol–water partition coefficient (Wildman–Crippen LogP) is 10.1. The fourth-order valence-corrected chi connectivity index (χ4v) is 22.5. The Labute approximate surface area is 523 Å². The second-order valence-electron chi connectivity index (χ2n) is 21.7. The Morgan fingerprint density at radius 3 is 1.08 bits per heavy atom. The molecule has 88 heavy (non-hydrogen) atoms. The molecule has 2 N–H and O–H groups in total. The number of likely N-dealkylation sites (tertiary alicyclic amines) is 2. The van der Waals surface area contributed by atoms with Gasteiger partial charge in [-0.2, -0.15) is 0 Å². The summed E-state index contributed by atoms with van der Waals surface area (Å²) >= 11 is 2.68. The van der Waals surface area contributed by atoms with Crippen LogP contribution in [-0.2, 0) is 41.7 Å². The molecule has 16 heteroatoms. The molecule has 10 rings (SSSR count). The number of hydrogen-bond donors (Lipinski definition) is 2. The average Bonchev–Trinajstić information content (AvgIpc) is 0.837. The number of aryl methyl sites for hydroxylation is 1. The lowest BCUT2D eigenvalue weighted by atomic mass is 9.76. The van der Waals surface area contributed by atoms with Gasteiger partial charge in [-0.3, -0.25) is 19.2 Å². The van der Waals surface area contributed by atoms with E-state index in [1.54, 1.807) is 17.0 Å². The summed E-state index contributed by atoms with van der Waals surface area (Å²) in [6.45, 7) is 8.62. The lowest BCUT2D eigenvalue weighted by Gasteiger charge is -2.51. The molecule has 4 heterocycles. The van der Waals surface area contributed by atoms with Crippen LogP contribution in [0.1, 0.15) is 69.6 Å². The smallest absolute Gasteiger partial charge is 0.356 e. The van der Waals surface area contributed by atoms with Crippen molar-refractivity contribution in [2.24, 2.45) is 17.8 Å². The first-order valence-electron chi connectivity index (χ1n) is 29.3. The van der Waals surface area contributed by atoms with Crippen LogP contribution in [-0.4, -0.2) is 97.6 Å². The Balaban J connectivity index is 0.000000209. The van der Waals surface area contributed by atoms with Crippen molar-refractivity contribution in [3.8, 4) is 0 Å². The van der Waals surface area contributed by atoms with Crippen molar-refractivity contribution in [1.82, 2.24) is 9.80 Å². The number of ether oxygens (including phenoxy) is 2. The van der Waals surface area contributed by atoms with E-state index >= 15 is 0 Å². The molecule has 8 aromatic rings. The molecule has 0 unspecified atom stereocenters. The highest BCUT2D eigenvalue weighted by atomic mass is 32.1. The molecule has 5 atom stereocenters. The van der Waals surface area contributed by atoms with E-state index < -0.39 is 61.6 Å². The summed E-state index contributed by atoms with van der Waals surface area (Å²) in [6, 6.07) is 64.4. The van der Waals surface area contributed by atoms with Gasteiger partial charge in [0.1, 0.15) is 24.0 Å². The second kappa shape index (κ2) is 29.3. The largest absolute Gasteiger partial charge is 0.457 e. The van der Waals surface area contributed by atoms with Crippen molar-refractivity contribution in [3.63, 3.8) is 0 Å². The van der Waals surface area contributed by atoms with E-state index in [0.717, 1.165) is 43.1 Å². The molecule has 6 aromatic carbocycles. The summed E-state index contributed by atoms with van der Waals surface area (Å²) in [5.41, 5.74) is 0.438. The Morgan fingerprint density at radius 2 is 0.807 bits per heavy atom. The number of rotatable bonds is 24. The molecule has 0 saturated carbocycles. The Kier molecular flexibility index (Phi) is 21.4. The average molecular weight is 1250 g/mol. The molecule has 2 aromatic heterocycles. The van der Waals surface area contributed by atoms with Gasteiger partial charge in [0.25, 0.3) is 0 Å². The Bertz CT molecular complexity index is 3440. The van der Waals surface area contributed by atoms with Gasteiger partial charge in [-0.1, -0.05) is 228 Å². The molecule has 2 amide bonds. The zero-order valence-corrected chi connectivity index (χ0v) is 53.1. The fourth-order valence-electron chi connectivity index (χ4n) is 12.0. The molecular formula is C72H72N2O10P2S2. The molecule has 2 aliphatic rings. The number of hydrogen-bond acceptors (Lipinski definition) is 12. The van der Waals surface area contributed by atoms with Gasteiger partial charge in [0.2, 0.25) is 11.8 Å². The highest BCUT2D eigenvalue weighted by Crippen LogP contribution is 2.52. The number of thiophene rings is 2. The van der Waals surface area contributed by atoms with Crippen LogP contribution in [0.5, 0.6) is 0 Å². The van der Waals surface area contributed by atoms with E-state index in [1.165, 1.54) is 46.6 Å². The second-order valence-corrected chi connectivity index (χ2v) is 30.6. The molecule has 0 spiro atoms. The molecule has 2 fully saturated rings. The quantitative estimate of drug-likeness (QED) is 0.0195. The van der Waals surface area contributed by atoms with Crippen molar-refractivity contribution < 1.29 is 48.5 Å². The van der Waals surface area contributed by atoms with Crippen LogP contribution < -0.4 is 31.8 Å². The third-order valence-electron chi connectivity index (χ3n) is 15.9. The minimum absolute atomic E-state index is 0.00503. The van der Waals surface area contributed by atoms with E-state index in [2.05, 4.69) is 20.1 Å². The van der Waals surface area contributed by atoms with Crippen LogP contribution in [0.2, 0.25) is 0 Å². The number of esters is 2. The van der Waals surface area contributed by atoms with Crippen molar-refractivity contribution >= 4 is 114 Å². The number of Topliss-reactive ketones (excluding diaryl/α,β-unsaturated/α-hetero) is 2. The maximum atomic E-state index is 14.5. The summed E-state index contributed by atoms with van der Waals surface area (Å²) < 4.78 is 11.6. The number of nitrogens with zero attached hydrogens (tertiary/aromatic N) is 2. The summed E-state index contributed by atoms with van der Waals surface area (Å²) in [4.78, 5) is 90.7. The van der Waals surface area contributed by atoms with Crippen LogP contribution in [0.15, 0.2) is 232 Å². The number of aliphatic hydroxyl groups excluding tert-OH is 2. The molecule has 452 valence electrons. The third-order valence-corrected chi connectivity index (χ3v) is 26.8. The standard InChI is InChI=1S/C37H38NO4PS.C35H34NO6PS/c1-5-24-42-37(41)36(38-31(34(26(3)4)35(38)40)25-32(39)33-23-22-30(6-2)44-33)43(27-16-10-7-11-17-27,28-18-12-8-13-19-28)29-20-14-9-15-21-29;1-3-21-42-35(41)34(36-29(32(24(2)38)33(36)40)22-30(39)31-20-19-28(23-37)44-31)43(25-13-7-4-8-14-25,26-15-9-5-10-16-26)27-17-11-6-12-18-27/h5,7-23,26,31,34H,1,6,24-25H2,2-4H3;3-20,24,29,32,37-38H,1,21-23H2,2H3/t31-,34-;24-,29-,32-/m11/s1. The number of carbonyl (C=O) groups excluding carboxylic acids is 6. The van der Waals surface area contributed by atoms with Crippen LogP contribution in [0.3, 0.4) is 0 Å². The zero-order chi connectivity index (χ0) is 62.5. The highest BCUT2D eigenvalue weighted by Gasteiger charge is 2.57. The first-order valence-corrected chi connectivity index (χ1v) is 34.5. The maximum absolute atomic E-state index is 14.5. The summed E-state index contributed by atoms with van der Waals surface area (Å²) in [6.07, 6.45) is 2.79. The van der Waals surface area contributed by atoms with Crippen molar-refractivity contribution in [1.29, 1.82) is 0 Å². The Hall–Kier alpha value is -8.06. The number of aliphatic hydroxyl groups is 2. The van der Waals surface area contributed by atoms with Crippen LogP contribution in [0, 0.1) is 17.8 Å². The predicted molar refractivity (Wildman–Crippen MR) is 359 cm³/mol. The van der Waals surface area contributed by atoms with Gasteiger partial charge in [-0.15, -0.1) is 22.7 Å². The lowest BCUT2D eigenvalue weighted by molar-refractivity contribution is -0.157. The van der Waals surface area contributed by atoms with Gasteiger partial charge in [-0.25, -0.2) is 9.59 Å². The van der Waals surface area contributed by atoms with Gasteiger partial charge in [-0.05, 0) is 75.4 Å². The molecule has 0 bridgehead atoms. The van der Waals surface area contributed by atoms with Crippen molar-refractivity contribution in [2.75, 3.05) is 13.2 Å². The minimum atomic E-state index is -3.14. The van der Waals surface area contributed by atoms with Crippen LogP contribution in [0.25, 0.3) is 0 Å². The normalized spacial score (nSPS) is 16.7. The van der Waals surface area contributed by atoms with Gasteiger partial charge < -0.3 is 29.5 Å². The van der Waals surface area contributed by atoms with Crippen molar-refractivity contribution in [2.45, 2.75) is 71.8 Å². The molecule has 0 radical (unpaired) electrons. The number of benzene rings is 6. The Morgan fingerprint density at radius 1 is 0.500 bits per heavy atom. The molecule has 12 nitrogen and oxygen atoms in total. The number of ketones is 2. The van der Waals surface area contributed by atoms with Crippen LogP contribution in [0.4, 0.5) is 0 Å². The van der Waals surface area contributed by atoms with Gasteiger partial charge in [0, 0.05) is 36.4 Å². The first-order chi connectivity index (χ1) is 42.7. The van der Waals surface area contributed by atoms with E-state index in [1.807, 2.05) is 208 Å². The molecule has 0 aliphatic carbocycles. The maximum Gasteiger partial charge on any atom is 0.356 e. The van der Waals surface area contributed by atoms with Gasteiger partial charge in [0.15, 0.2) is 11.6 Å². The zero-order valence-electron chi connectivity index (χ0n) is 49.7. The first kappa shape index (κ1) is 64.4. The fraction of sp³-hybridized carbons (Fsp3) is 0.222. The van der Waals surface area contributed by atoms with Gasteiger partial charge >= 0.3 is 11.9 Å². The van der Waals surface area contributed by atoms with Gasteiger partial charge in [0.05, 0.1) is 46.4 Å². The van der Waals surface area contributed by atoms with E-state index in [-0.39, 0.29) is 61.5 Å².